The molecule has 0 fully saturated rings. The number of para-hydroxylation sites is 2. The van der Waals surface area contributed by atoms with Crippen molar-refractivity contribution in [3.05, 3.63) is 24.3 Å². The molecule has 0 saturated carbocycles. The van der Waals surface area contributed by atoms with Gasteiger partial charge in [-0.15, -0.1) is 0 Å². The maximum Gasteiger partial charge on any atom is 0.241 e. The smallest absolute Gasteiger partial charge is 0.241 e. The number of nitrogen functional groups attached to an aromatic ring is 1. The van der Waals surface area contributed by atoms with Crippen molar-refractivity contribution in [1.82, 2.24) is 4.90 Å². The van der Waals surface area contributed by atoms with E-state index < -0.39 is 0 Å². The summed E-state index contributed by atoms with van der Waals surface area (Å²) in [5.41, 5.74) is 7.05. The molecule has 0 bridgehead atoms. The average molecular weight is 235 g/mol. The number of nitrogens with two attached hydrogens (primary N) is 1. The molecule has 0 aliphatic rings. The summed E-state index contributed by atoms with van der Waals surface area (Å²) in [5.74, 6) is -0.0217. The van der Waals surface area contributed by atoms with Crippen molar-refractivity contribution in [1.29, 1.82) is 0 Å². The van der Waals surface area contributed by atoms with E-state index in [9.17, 15) is 4.79 Å². The second-order valence-corrected chi connectivity index (χ2v) is 3.97. The van der Waals surface area contributed by atoms with Gasteiger partial charge in [-0.05, 0) is 32.1 Å². The first-order chi connectivity index (χ1) is 8.10. The van der Waals surface area contributed by atoms with E-state index in [4.69, 9.17) is 5.73 Å². The number of benzene rings is 1. The normalized spacial score (nSPS) is 12.5. The first kappa shape index (κ1) is 13.5. The van der Waals surface area contributed by atoms with Gasteiger partial charge >= 0.3 is 0 Å². The summed E-state index contributed by atoms with van der Waals surface area (Å²) in [7, 11) is 0. The molecule has 4 heteroatoms. The van der Waals surface area contributed by atoms with Crippen molar-refractivity contribution in [3.8, 4) is 0 Å². The number of hydrogen-bond donors (Lipinski definition) is 2. The molecule has 0 aliphatic carbocycles. The lowest BCUT2D eigenvalue weighted by Crippen LogP contribution is -2.41. The number of hydrogen-bond acceptors (Lipinski definition) is 3. The summed E-state index contributed by atoms with van der Waals surface area (Å²) in [5, 5.41) is 2.85. The van der Waals surface area contributed by atoms with E-state index in [1.807, 2.05) is 39.0 Å². The molecule has 1 aromatic rings. The Hall–Kier alpha value is -1.55. The maximum atomic E-state index is 12.0. The third-order valence-corrected chi connectivity index (χ3v) is 2.96. The number of rotatable bonds is 5. The number of anilines is 2. The Morgan fingerprint density at radius 3 is 2.47 bits per heavy atom. The minimum atomic E-state index is -0.149. The highest BCUT2D eigenvalue weighted by Crippen LogP contribution is 2.17. The summed E-state index contributed by atoms with van der Waals surface area (Å²) in [4.78, 5) is 14.1. The molecule has 0 spiro atoms. The number of likely N-dealkylation sites (N-methyl/N-ethyl adjacent to an activating group) is 1. The zero-order valence-corrected chi connectivity index (χ0v) is 10.7. The van der Waals surface area contributed by atoms with Crippen LogP contribution in [0, 0.1) is 0 Å². The number of amides is 1. The Balaban J connectivity index is 2.69. The summed E-state index contributed by atoms with van der Waals surface area (Å²) in [6.07, 6.45) is 0. The molecule has 0 aromatic heterocycles. The minimum absolute atomic E-state index is 0.0217. The Bertz CT molecular complexity index is 375. The zero-order chi connectivity index (χ0) is 12.8. The van der Waals surface area contributed by atoms with Gasteiger partial charge < -0.3 is 11.1 Å². The van der Waals surface area contributed by atoms with Crippen LogP contribution in [0.25, 0.3) is 0 Å². The number of carbonyl (C=O) groups excluding carboxylic acids is 1. The molecule has 1 unspecified atom stereocenters. The van der Waals surface area contributed by atoms with Gasteiger partial charge in [-0.2, -0.15) is 0 Å². The van der Waals surface area contributed by atoms with Crippen molar-refractivity contribution in [2.24, 2.45) is 0 Å². The molecule has 4 nitrogen and oxygen atoms in total. The molecule has 1 rings (SSSR count). The Kier molecular flexibility index (Phi) is 4.97. The van der Waals surface area contributed by atoms with Crippen LogP contribution in [-0.2, 0) is 4.79 Å². The van der Waals surface area contributed by atoms with Gasteiger partial charge in [0.25, 0.3) is 0 Å². The van der Waals surface area contributed by atoms with Crippen LogP contribution in [0.3, 0.4) is 0 Å². The molecule has 1 aromatic carbocycles. The van der Waals surface area contributed by atoms with Crippen molar-refractivity contribution in [3.63, 3.8) is 0 Å². The molecule has 3 N–H and O–H groups in total. The van der Waals surface area contributed by atoms with Gasteiger partial charge in [0.15, 0.2) is 0 Å². The highest BCUT2D eigenvalue weighted by molar-refractivity contribution is 5.97. The van der Waals surface area contributed by atoms with Crippen LogP contribution in [-0.4, -0.2) is 29.9 Å². The van der Waals surface area contributed by atoms with Gasteiger partial charge in [0.05, 0.1) is 17.4 Å². The monoisotopic (exact) mass is 235 g/mol. The fraction of sp³-hybridized carbons (Fsp3) is 0.462. The van der Waals surface area contributed by atoms with Gasteiger partial charge in [-0.1, -0.05) is 26.0 Å². The second kappa shape index (κ2) is 6.25. The number of nitrogens with zero attached hydrogens (tertiary/aromatic N) is 1. The van der Waals surface area contributed by atoms with Crippen molar-refractivity contribution in [2.45, 2.75) is 26.8 Å². The van der Waals surface area contributed by atoms with Crippen LogP contribution in [0.15, 0.2) is 24.3 Å². The lowest BCUT2D eigenvalue weighted by molar-refractivity contribution is -0.120. The van der Waals surface area contributed by atoms with Crippen LogP contribution in [0.5, 0.6) is 0 Å². The first-order valence-electron chi connectivity index (χ1n) is 5.99. The first-order valence-corrected chi connectivity index (χ1v) is 5.99. The van der Waals surface area contributed by atoms with E-state index in [0.29, 0.717) is 11.4 Å². The van der Waals surface area contributed by atoms with E-state index in [1.54, 1.807) is 6.07 Å². The van der Waals surface area contributed by atoms with Crippen LogP contribution < -0.4 is 11.1 Å². The standard InChI is InChI=1S/C13H21N3O/c1-4-16(5-2)10(3)13(17)15-12-9-7-6-8-11(12)14/h6-10H,4-5,14H2,1-3H3,(H,15,17). The van der Waals surface area contributed by atoms with Crippen molar-refractivity contribution in [2.75, 3.05) is 24.1 Å². The van der Waals surface area contributed by atoms with E-state index in [2.05, 4.69) is 10.2 Å². The molecule has 94 valence electrons. The van der Waals surface area contributed by atoms with Crippen molar-refractivity contribution >= 4 is 17.3 Å². The molecule has 1 amide bonds. The highest BCUT2D eigenvalue weighted by Gasteiger charge is 2.18. The summed E-state index contributed by atoms with van der Waals surface area (Å²) in [6, 6.07) is 7.14. The fourth-order valence-corrected chi connectivity index (χ4v) is 1.79. The molecule has 0 saturated heterocycles. The number of carbonyl (C=O) groups is 1. The lowest BCUT2D eigenvalue weighted by atomic mass is 10.2. The van der Waals surface area contributed by atoms with Crippen LogP contribution in [0.2, 0.25) is 0 Å². The summed E-state index contributed by atoms with van der Waals surface area (Å²) in [6.45, 7) is 7.71. The Morgan fingerprint density at radius 1 is 1.35 bits per heavy atom. The SMILES string of the molecule is CCN(CC)C(C)C(=O)Nc1ccccc1N. The average Bonchev–Trinajstić information content (AvgIpc) is 2.33. The second-order valence-electron chi connectivity index (χ2n) is 3.97. The minimum Gasteiger partial charge on any atom is -0.397 e. The Morgan fingerprint density at radius 2 is 1.94 bits per heavy atom. The van der Waals surface area contributed by atoms with E-state index >= 15 is 0 Å². The fourth-order valence-electron chi connectivity index (χ4n) is 1.79. The van der Waals surface area contributed by atoms with Gasteiger partial charge in [0, 0.05) is 0 Å². The van der Waals surface area contributed by atoms with E-state index in [-0.39, 0.29) is 11.9 Å². The highest BCUT2D eigenvalue weighted by atomic mass is 16.2. The predicted molar refractivity (Wildman–Crippen MR) is 71.9 cm³/mol. The number of nitrogens with one attached hydrogen (secondary N) is 1. The topological polar surface area (TPSA) is 58.4 Å². The van der Waals surface area contributed by atoms with Crippen LogP contribution >= 0.6 is 0 Å². The maximum absolute atomic E-state index is 12.0. The quantitative estimate of drug-likeness (QED) is 0.767. The molecule has 17 heavy (non-hydrogen) atoms. The molecule has 0 aliphatic heterocycles. The molecule has 1 atom stereocenters. The third-order valence-electron chi connectivity index (χ3n) is 2.96. The van der Waals surface area contributed by atoms with Gasteiger partial charge in [-0.25, -0.2) is 0 Å². The van der Waals surface area contributed by atoms with Crippen LogP contribution in [0.1, 0.15) is 20.8 Å². The van der Waals surface area contributed by atoms with Crippen molar-refractivity contribution < 1.29 is 4.79 Å². The Labute approximate surface area is 103 Å². The van der Waals surface area contributed by atoms with E-state index in [1.165, 1.54) is 0 Å². The third kappa shape index (κ3) is 3.46. The largest absolute Gasteiger partial charge is 0.397 e. The molecule has 0 radical (unpaired) electrons. The zero-order valence-electron chi connectivity index (χ0n) is 10.7. The van der Waals surface area contributed by atoms with Gasteiger partial charge in [0.1, 0.15) is 0 Å². The molecular formula is C13H21N3O. The van der Waals surface area contributed by atoms with Gasteiger partial charge in [-0.3, -0.25) is 9.69 Å². The predicted octanol–water partition coefficient (Wildman–Crippen LogP) is 1.94. The van der Waals surface area contributed by atoms with E-state index in [0.717, 1.165) is 13.1 Å². The van der Waals surface area contributed by atoms with Gasteiger partial charge in [0.2, 0.25) is 5.91 Å². The lowest BCUT2D eigenvalue weighted by Gasteiger charge is -2.25. The molecular weight excluding hydrogens is 214 g/mol. The molecule has 0 heterocycles. The van der Waals surface area contributed by atoms with Crippen LogP contribution in [0.4, 0.5) is 11.4 Å². The summed E-state index contributed by atoms with van der Waals surface area (Å²) < 4.78 is 0. The summed E-state index contributed by atoms with van der Waals surface area (Å²) >= 11 is 0.